The van der Waals surface area contributed by atoms with Crippen LogP contribution in [0.25, 0.3) is 10.9 Å². The normalized spacial score (nSPS) is 11.0. The summed E-state index contributed by atoms with van der Waals surface area (Å²) in [5.74, 6) is -0.235. The molecule has 2 aromatic carbocycles. The Hall–Kier alpha value is -1.78. The molecular weight excluding hydrogens is 331 g/mol. The zero-order chi connectivity index (χ0) is 14.7. The summed E-state index contributed by atoms with van der Waals surface area (Å²) in [6, 6.07) is 15.3. The Morgan fingerprint density at radius 1 is 1.05 bits per heavy atom. The van der Waals surface area contributed by atoms with Gasteiger partial charge in [-0.3, -0.25) is 4.98 Å². The van der Waals surface area contributed by atoms with E-state index in [1.54, 1.807) is 18.3 Å². The van der Waals surface area contributed by atoms with E-state index >= 15 is 0 Å². The van der Waals surface area contributed by atoms with Gasteiger partial charge >= 0.3 is 0 Å². The number of pyridine rings is 1. The molecular formula is C17H14BrFN2. The highest BCUT2D eigenvalue weighted by atomic mass is 79.9. The van der Waals surface area contributed by atoms with Crippen LogP contribution in [-0.2, 0) is 13.1 Å². The first kappa shape index (κ1) is 14.2. The molecule has 0 spiro atoms. The molecule has 0 atom stereocenters. The van der Waals surface area contributed by atoms with E-state index in [2.05, 4.69) is 44.4 Å². The lowest BCUT2D eigenvalue weighted by Crippen LogP contribution is -2.13. The van der Waals surface area contributed by atoms with Crippen molar-refractivity contribution in [1.82, 2.24) is 10.3 Å². The third-order valence-corrected chi connectivity index (χ3v) is 3.99. The highest BCUT2D eigenvalue weighted by Crippen LogP contribution is 2.17. The molecule has 0 bridgehead atoms. The second kappa shape index (κ2) is 6.33. The van der Waals surface area contributed by atoms with Gasteiger partial charge in [0.1, 0.15) is 5.82 Å². The van der Waals surface area contributed by atoms with Crippen molar-refractivity contribution in [3.63, 3.8) is 0 Å². The molecule has 0 saturated carbocycles. The number of para-hydroxylation sites is 1. The van der Waals surface area contributed by atoms with Crippen molar-refractivity contribution in [2.45, 2.75) is 13.1 Å². The van der Waals surface area contributed by atoms with Crippen LogP contribution in [0.3, 0.4) is 0 Å². The summed E-state index contributed by atoms with van der Waals surface area (Å²) in [7, 11) is 0. The molecule has 0 fully saturated rings. The minimum atomic E-state index is -0.235. The van der Waals surface area contributed by atoms with Gasteiger partial charge in [0.15, 0.2) is 0 Å². The van der Waals surface area contributed by atoms with Crippen LogP contribution in [0.2, 0.25) is 0 Å². The molecule has 2 nitrogen and oxygen atoms in total. The van der Waals surface area contributed by atoms with Crippen molar-refractivity contribution < 1.29 is 4.39 Å². The Labute approximate surface area is 131 Å². The van der Waals surface area contributed by atoms with Crippen molar-refractivity contribution in [2.75, 3.05) is 0 Å². The maximum absolute atomic E-state index is 13.5. The first-order chi connectivity index (χ1) is 10.2. The summed E-state index contributed by atoms with van der Waals surface area (Å²) in [6.45, 7) is 1.32. The van der Waals surface area contributed by atoms with Gasteiger partial charge in [0.05, 0.1) is 9.99 Å². The van der Waals surface area contributed by atoms with E-state index in [0.717, 1.165) is 22.0 Å². The van der Waals surface area contributed by atoms with Gasteiger partial charge in [-0.25, -0.2) is 4.39 Å². The van der Waals surface area contributed by atoms with Crippen molar-refractivity contribution in [3.8, 4) is 0 Å². The molecule has 1 N–H and O–H groups in total. The number of hydrogen-bond donors (Lipinski definition) is 1. The third kappa shape index (κ3) is 3.28. The lowest BCUT2D eigenvalue weighted by molar-refractivity contribution is 0.614. The van der Waals surface area contributed by atoms with Gasteiger partial charge in [-0.2, -0.15) is 0 Å². The van der Waals surface area contributed by atoms with E-state index in [1.165, 1.54) is 0 Å². The standard InChI is InChI=1S/C17H14BrFN2/c18-15-7-6-12(9-16(15)19)10-20-11-14-4-1-3-13-5-2-8-21-17(13)14/h1-9,20H,10-11H2. The molecule has 1 heterocycles. The van der Waals surface area contributed by atoms with E-state index in [9.17, 15) is 4.39 Å². The number of hydrogen-bond acceptors (Lipinski definition) is 2. The molecule has 4 heteroatoms. The Bertz CT molecular complexity index is 768. The molecule has 0 amide bonds. The first-order valence-corrected chi connectivity index (χ1v) is 7.50. The molecule has 3 rings (SSSR count). The molecule has 0 radical (unpaired) electrons. The molecule has 21 heavy (non-hydrogen) atoms. The maximum atomic E-state index is 13.5. The molecule has 106 valence electrons. The summed E-state index contributed by atoms with van der Waals surface area (Å²) in [5, 5.41) is 4.47. The number of nitrogens with zero attached hydrogens (tertiary/aromatic N) is 1. The van der Waals surface area contributed by atoms with Crippen LogP contribution in [0, 0.1) is 5.82 Å². The van der Waals surface area contributed by atoms with Gasteiger partial charge in [0.25, 0.3) is 0 Å². The van der Waals surface area contributed by atoms with Gasteiger partial charge in [0.2, 0.25) is 0 Å². The number of nitrogens with one attached hydrogen (secondary N) is 1. The van der Waals surface area contributed by atoms with Gasteiger partial charge < -0.3 is 5.32 Å². The lowest BCUT2D eigenvalue weighted by atomic mass is 10.1. The van der Waals surface area contributed by atoms with Gasteiger partial charge in [-0.15, -0.1) is 0 Å². The molecule has 1 aromatic heterocycles. The molecule has 0 aliphatic rings. The Kier molecular flexibility index (Phi) is 4.27. The predicted octanol–water partition coefficient (Wildman–Crippen LogP) is 4.43. The number of fused-ring (bicyclic) bond motifs is 1. The average Bonchev–Trinajstić information content (AvgIpc) is 2.51. The highest BCUT2D eigenvalue weighted by Gasteiger charge is 2.03. The SMILES string of the molecule is Fc1cc(CNCc2cccc3cccnc23)ccc1Br. The summed E-state index contributed by atoms with van der Waals surface area (Å²) in [4.78, 5) is 4.43. The summed E-state index contributed by atoms with van der Waals surface area (Å²) >= 11 is 3.16. The topological polar surface area (TPSA) is 24.9 Å². The van der Waals surface area contributed by atoms with Gasteiger partial charge in [0, 0.05) is 24.7 Å². The fourth-order valence-electron chi connectivity index (χ4n) is 2.30. The quantitative estimate of drug-likeness (QED) is 0.757. The number of aromatic nitrogens is 1. The van der Waals surface area contributed by atoms with Crippen LogP contribution in [0.15, 0.2) is 59.2 Å². The number of halogens is 2. The maximum Gasteiger partial charge on any atom is 0.137 e. The zero-order valence-corrected chi connectivity index (χ0v) is 12.9. The molecule has 0 aliphatic heterocycles. The second-order valence-corrected chi connectivity index (χ2v) is 5.70. The van der Waals surface area contributed by atoms with Crippen molar-refractivity contribution in [3.05, 3.63) is 76.1 Å². The van der Waals surface area contributed by atoms with Crippen molar-refractivity contribution in [1.29, 1.82) is 0 Å². The summed E-state index contributed by atoms with van der Waals surface area (Å²) in [6.07, 6.45) is 1.80. The molecule has 3 aromatic rings. The monoisotopic (exact) mass is 344 g/mol. The third-order valence-electron chi connectivity index (χ3n) is 3.34. The zero-order valence-electron chi connectivity index (χ0n) is 11.3. The summed E-state index contributed by atoms with van der Waals surface area (Å²) < 4.78 is 13.9. The van der Waals surface area contributed by atoms with Crippen LogP contribution in [0.5, 0.6) is 0 Å². The van der Waals surface area contributed by atoms with Crippen molar-refractivity contribution >= 4 is 26.8 Å². The number of benzene rings is 2. The summed E-state index contributed by atoms with van der Waals surface area (Å²) in [5.41, 5.74) is 3.07. The predicted molar refractivity (Wildman–Crippen MR) is 86.4 cm³/mol. The first-order valence-electron chi connectivity index (χ1n) is 6.71. The fraction of sp³-hybridized carbons (Fsp3) is 0.118. The average molecular weight is 345 g/mol. The molecule has 0 aliphatic carbocycles. The Morgan fingerprint density at radius 2 is 1.90 bits per heavy atom. The van der Waals surface area contributed by atoms with Crippen molar-refractivity contribution in [2.24, 2.45) is 0 Å². The highest BCUT2D eigenvalue weighted by molar-refractivity contribution is 9.10. The van der Waals surface area contributed by atoms with Crippen LogP contribution in [0.1, 0.15) is 11.1 Å². The van der Waals surface area contributed by atoms with E-state index in [1.807, 2.05) is 18.2 Å². The fourth-order valence-corrected chi connectivity index (χ4v) is 2.55. The Morgan fingerprint density at radius 3 is 2.76 bits per heavy atom. The second-order valence-electron chi connectivity index (χ2n) is 4.84. The van der Waals surface area contributed by atoms with E-state index in [-0.39, 0.29) is 5.82 Å². The lowest BCUT2D eigenvalue weighted by Gasteiger charge is -2.08. The van der Waals surface area contributed by atoms with E-state index in [0.29, 0.717) is 17.6 Å². The van der Waals surface area contributed by atoms with Gasteiger partial charge in [-0.1, -0.05) is 30.3 Å². The van der Waals surface area contributed by atoms with Crippen LogP contribution < -0.4 is 5.32 Å². The molecule has 0 unspecified atom stereocenters. The Balaban J connectivity index is 1.70. The number of rotatable bonds is 4. The van der Waals surface area contributed by atoms with Crippen LogP contribution in [0.4, 0.5) is 4.39 Å². The largest absolute Gasteiger partial charge is 0.309 e. The van der Waals surface area contributed by atoms with Crippen LogP contribution >= 0.6 is 15.9 Å². The van der Waals surface area contributed by atoms with E-state index in [4.69, 9.17) is 0 Å². The molecule has 0 saturated heterocycles. The minimum absolute atomic E-state index is 0.235. The smallest absolute Gasteiger partial charge is 0.137 e. The van der Waals surface area contributed by atoms with Crippen LogP contribution in [-0.4, -0.2) is 4.98 Å². The van der Waals surface area contributed by atoms with E-state index < -0.39 is 0 Å². The van der Waals surface area contributed by atoms with Gasteiger partial charge in [-0.05, 0) is 45.3 Å². The minimum Gasteiger partial charge on any atom is -0.309 e.